The Balaban J connectivity index is 1.56. The van der Waals surface area contributed by atoms with Crippen molar-refractivity contribution in [2.24, 2.45) is 5.92 Å². The lowest BCUT2D eigenvalue weighted by Gasteiger charge is -2.35. The molecule has 1 saturated heterocycles. The number of nitrogens with one attached hydrogen (secondary N) is 1. The lowest BCUT2D eigenvalue weighted by molar-refractivity contribution is 0.123. The molecule has 0 unspecified atom stereocenters. The van der Waals surface area contributed by atoms with Crippen molar-refractivity contribution in [1.82, 2.24) is 15.1 Å². The highest BCUT2D eigenvalue weighted by molar-refractivity contribution is 7.10. The molecule has 0 saturated carbocycles. The van der Waals surface area contributed by atoms with Crippen LogP contribution in [-0.4, -0.2) is 55.6 Å². The van der Waals surface area contributed by atoms with E-state index in [1.54, 1.807) is 0 Å². The molecule has 3 nitrogen and oxygen atoms in total. The van der Waals surface area contributed by atoms with Crippen LogP contribution in [-0.2, 0) is 6.54 Å². The molecule has 1 aromatic rings. The van der Waals surface area contributed by atoms with E-state index in [9.17, 15) is 0 Å². The Hall–Kier alpha value is -0.420. The van der Waals surface area contributed by atoms with E-state index in [-0.39, 0.29) is 0 Å². The van der Waals surface area contributed by atoms with Gasteiger partial charge in [-0.3, -0.25) is 4.90 Å². The van der Waals surface area contributed by atoms with Crippen molar-refractivity contribution in [1.29, 1.82) is 0 Å². The van der Waals surface area contributed by atoms with Crippen LogP contribution in [0.3, 0.4) is 0 Å². The quantitative estimate of drug-likeness (QED) is 0.780. The smallest absolute Gasteiger partial charge is 0.0302 e. The Labute approximate surface area is 128 Å². The van der Waals surface area contributed by atoms with Gasteiger partial charge in [0.2, 0.25) is 0 Å². The van der Waals surface area contributed by atoms with Gasteiger partial charge in [0.1, 0.15) is 0 Å². The number of piperazine rings is 1. The molecule has 4 heteroatoms. The molecule has 0 aliphatic carbocycles. The summed E-state index contributed by atoms with van der Waals surface area (Å²) in [6, 6.07) is 2.20. The van der Waals surface area contributed by atoms with Gasteiger partial charge in [-0.25, -0.2) is 0 Å². The molecule has 2 heterocycles. The molecule has 1 N–H and O–H groups in total. The van der Waals surface area contributed by atoms with Crippen molar-refractivity contribution in [2.45, 2.75) is 27.3 Å². The van der Waals surface area contributed by atoms with E-state index in [4.69, 9.17) is 0 Å². The fourth-order valence-electron chi connectivity index (χ4n) is 2.74. The lowest BCUT2D eigenvalue weighted by atomic mass is 10.2. The third kappa shape index (κ3) is 5.17. The summed E-state index contributed by atoms with van der Waals surface area (Å²) >= 11 is 1.86. The van der Waals surface area contributed by atoms with E-state index in [0.29, 0.717) is 0 Å². The van der Waals surface area contributed by atoms with Crippen LogP contribution >= 0.6 is 11.3 Å². The Kier molecular flexibility index (Phi) is 6.49. The highest BCUT2D eigenvalue weighted by atomic mass is 32.1. The van der Waals surface area contributed by atoms with E-state index in [1.807, 2.05) is 11.3 Å². The first-order valence-corrected chi connectivity index (χ1v) is 8.71. The molecule has 2 rings (SSSR count). The zero-order valence-electron chi connectivity index (χ0n) is 13.2. The van der Waals surface area contributed by atoms with Gasteiger partial charge in [-0.05, 0) is 29.9 Å². The summed E-state index contributed by atoms with van der Waals surface area (Å²) in [5.41, 5.74) is 1.42. The van der Waals surface area contributed by atoms with Gasteiger partial charge >= 0.3 is 0 Å². The van der Waals surface area contributed by atoms with Crippen LogP contribution in [0.1, 0.15) is 24.3 Å². The number of nitrogens with zero attached hydrogens (tertiary/aromatic N) is 2. The number of hydrogen-bond donors (Lipinski definition) is 1. The number of hydrogen-bond acceptors (Lipinski definition) is 4. The first kappa shape index (κ1) is 16.0. The molecular formula is C16H29N3S. The van der Waals surface area contributed by atoms with Gasteiger partial charge in [0, 0.05) is 57.2 Å². The molecule has 0 aromatic carbocycles. The van der Waals surface area contributed by atoms with Gasteiger partial charge in [0.05, 0.1) is 0 Å². The number of thiophene rings is 1. The SMILES string of the molecule is Cc1ccsc1CNCCN1CCN(CC(C)C)CC1. The molecule has 20 heavy (non-hydrogen) atoms. The lowest BCUT2D eigenvalue weighted by Crippen LogP contribution is -2.48. The van der Waals surface area contributed by atoms with Crippen molar-refractivity contribution in [3.63, 3.8) is 0 Å². The second-order valence-electron chi connectivity index (χ2n) is 6.24. The molecule has 0 bridgehead atoms. The van der Waals surface area contributed by atoms with Crippen LogP contribution in [0.5, 0.6) is 0 Å². The zero-order chi connectivity index (χ0) is 14.4. The molecule has 1 aliphatic heterocycles. The molecule has 1 fully saturated rings. The highest BCUT2D eigenvalue weighted by Crippen LogP contribution is 2.14. The minimum absolute atomic E-state index is 0.789. The van der Waals surface area contributed by atoms with E-state index < -0.39 is 0 Å². The Bertz CT molecular complexity index is 381. The van der Waals surface area contributed by atoms with Crippen LogP contribution < -0.4 is 5.32 Å². The summed E-state index contributed by atoms with van der Waals surface area (Å²) in [4.78, 5) is 6.67. The van der Waals surface area contributed by atoms with E-state index >= 15 is 0 Å². The minimum atomic E-state index is 0.789. The summed E-state index contributed by atoms with van der Waals surface area (Å²) in [5.74, 6) is 0.789. The molecule has 0 radical (unpaired) electrons. The van der Waals surface area contributed by atoms with Gasteiger partial charge in [0.15, 0.2) is 0 Å². The predicted molar refractivity (Wildman–Crippen MR) is 88.5 cm³/mol. The van der Waals surface area contributed by atoms with Crippen LogP contribution in [0, 0.1) is 12.8 Å². The van der Waals surface area contributed by atoms with Gasteiger partial charge in [-0.1, -0.05) is 13.8 Å². The topological polar surface area (TPSA) is 18.5 Å². The fourth-order valence-corrected chi connectivity index (χ4v) is 3.61. The van der Waals surface area contributed by atoms with Crippen LogP contribution in [0.2, 0.25) is 0 Å². The molecule has 0 spiro atoms. The second-order valence-corrected chi connectivity index (χ2v) is 7.24. The maximum Gasteiger partial charge on any atom is 0.0302 e. The van der Waals surface area contributed by atoms with Crippen molar-refractivity contribution < 1.29 is 0 Å². The van der Waals surface area contributed by atoms with Crippen molar-refractivity contribution in [2.75, 3.05) is 45.8 Å². The fraction of sp³-hybridized carbons (Fsp3) is 0.750. The van der Waals surface area contributed by atoms with Gasteiger partial charge in [0.25, 0.3) is 0 Å². The van der Waals surface area contributed by atoms with Crippen molar-refractivity contribution in [3.8, 4) is 0 Å². The average Bonchev–Trinajstić information content (AvgIpc) is 2.82. The minimum Gasteiger partial charge on any atom is -0.311 e. The van der Waals surface area contributed by atoms with Crippen molar-refractivity contribution in [3.05, 3.63) is 21.9 Å². The molecule has 1 aromatic heterocycles. The summed E-state index contributed by atoms with van der Waals surface area (Å²) in [6.45, 7) is 16.3. The molecule has 1 aliphatic rings. The highest BCUT2D eigenvalue weighted by Gasteiger charge is 2.16. The Morgan fingerprint density at radius 3 is 2.50 bits per heavy atom. The van der Waals surface area contributed by atoms with Crippen molar-refractivity contribution >= 4 is 11.3 Å². The molecule has 0 amide bonds. The van der Waals surface area contributed by atoms with E-state index in [0.717, 1.165) is 19.0 Å². The zero-order valence-corrected chi connectivity index (χ0v) is 14.0. The maximum atomic E-state index is 3.57. The van der Waals surface area contributed by atoms with E-state index in [1.165, 1.54) is 49.7 Å². The first-order valence-electron chi connectivity index (χ1n) is 7.83. The third-order valence-corrected chi connectivity index (χ3v) is 4.97. The monoisotopic (exact) mass is 295 g/mol. The normalized spacial score (nSPS) is 18.0. The Morgan fingerprint density at radius 2 is 1.90 bits per heavy atom. The van der Waals surface area contributed by atoms with Crippen LogP contribution in [0.4, 0.5) is 0 Å². The standard InChI is InChI=1S/C16H29N3S/c1-14(2)13-19-9-7-18(8-10-19)6-5-17-12-16-15(3)4-11-20-16/h4,11,14,17H,5-10,12-13H2,1-3H3. The summed E-state index contributed by atoms with van der Waals surface area (Å²) < 4.78 is 0. The predicted octanol–water partition coefficient (Wildman–Crippen LogP) is 2.42. The molecule has 0 atom stereocenters. The average molecular weight is 295 g/mol. The maximum absolute atomic E-state index is 3.57. The molecule has 114 valence electrons. The van der Waals surface area contributed by atoms with Crippen LogP contribution in [0.25, 0.3) is 0 Å². The number of rotatable bonds is 7. The summed E-state index contributed by atoms with van der Waals surface area (Å²) in [6.07, 6.45) is 0. The molecular weight excluding hydrogens is 266 g/mol. The van der Waals surface area contributed by atoms with Gasteiger partial charge in [-0.15, -0.1) is 11.3 Å². The van der Waals surface area contributed by atoms with Gasteiger partial charge in [-0.2, -0.15) is 0 Å². The van der Waals surface area contributed by atoms with Crippen LogP contribution in [0.15, 0.2) is 11.4 Å². The van der Waals surface area contributed by atoms with Gasteiger partial charge < -0.3 is 10.2 Å². The summed E-state index contributed by atoms with van der Waals surface area (Å²) in [5, 5.41) is 5.76. The second kappa shape index (κ2) is 8.13. The largest absolute Gasteiger partial charge is 0.311 e. The summed E-state index contributed by atoms with van der Waals surface area (Å²) in [7, 11) is 0. The third-order valence-electron chi connectivity index (χ3n) is 3.95. The first-order chi connectivity index (χ1) is 9.65. The number of aryl methyl sites for hydroxylation is 1. The Morgan fingerprint density at radius 1 is 1.20 bits per heavy atom. The van der Waals surface area contributed by atoms with E-state index in [2.05, 4.69) is 47.3 Å².